The first-order chi connectivity index (χ1) is 20.4. The van der Waals surface area contributed by atoms with Gasteiger partial charge in [0, 0.05) is 6.42 Å². The average Bonchev–Trinajstić information content (AvgIpc) is 3.72. The number of carbonyl (C=O) groups excluding carboxylic acids is 2. The van der Waals surface area contributed by atoms with Crippen molar-refractivity contribution in [2.45, 2.75) is 16.7 Å². The zero-order chi connectivity index (χ0) is 29.1. The standard InChI is InChI=1S/C32H25N3O5S2/c36-30(21-40-32(37)26-13-6-7-14-27(26)34-42(38,39)31-15-8-18-41-31)35-29(23-10-2-1-3-11-23)20-28(33-35)25-17-16-22-9-4-5-12-24(22)19-25/h1-19,29,34H,20-21H2/t29-/m0/s1. The van der Waals surface area contributed by atoms with Gasteiger partial charge in [-0.2, -0.15) is 5.10 Å². The summed E-state index contributed by atoms with van der Waals surface area (Å²) in [6.45, 7) is -0.567. The Hall–Kier alpha value is -4.80. The van der Waals surface area contributed by atoms with E-state index in [4.69, 9.17) is 4.74 Å². The Morgan fingerprint density at radius 2 is 1.62 bits per heavy atom. The van der Waals surface area contributed by atoms with Crippen molar-refractivity contribution in [3.63, 3.8) is 0 Å². The van der Waals surface area contributed by atoms with E-state index < -0.39 is 28.5 Å². The third kappa shape index (κ3) is 5.67. The van der Waals surface area contributed by atoms with Crippen LogP contribution in [0.3, 0.4) is 0 Å². The van der Waals surface area contributed by atoms with Crippen LogP contribution < -0.4 is 4.72 Å². The number of amides is 1. The fraction of sp³-hybridized carbons (Fsp3) is 0.0938. The van der Waals surface area contributed by atoms with Crippen LogP contribution in [-0.2, 0) is 19.6 Å². The Labute approximate surface area is 246 Å². The van der Waals surface area contributed by atoms with Gasteiger partial charge < -0.3 is 4.74 Å². The molecule has 1 aliphatic rings. The fourth-order valence-electron chi connectivity index (χ4n) is 4.85. The highest BCUT2D eigenvalue weighted by molar-refractivity contribution is 7.94. The molecule has 0 unspecified atom stereocenters. The van der Waals surface area contributed by atoms with Gasteiger partial charge in [-0.15, -0.1) is 11.3 Å². The molecule has 2 heterocycles. The van der Waals surface area contributed by atoms with Gasteiger partial charge in [-0.1, -0.05) is 84.9 Å². The molecule has 1 aromatic heterocycles. The van der Waals surface area contributed by atoms with Crippen LogP contribution in [0.2, 0.25) is 0 Å². The zero-order valence-electron chi connectivity index (χ0n) is 22.2. The predicted molar refractivity (Wildman–Crippen MR) is 163 cm³/mol. The summed E-state index contributed by atoms with van der Waals surface area (Å²) in [5.74, 6) is -1.33. The van der Waals surface area contributed by atoms with E-state index in [2.05, 4.69) is 15.9 Å². The van der Waals surface area contributed by atoms with Gasteiger partial charge in [-0.25, -0.2) is 18.2 Å². The van der Waals surface area contributed by atoms with E-state index in [1.54, 1.807) is 23.6 Å². The highest BCUT2D eigenvalue weighted by Gasteiger charge is 2.34. The van der Waals surface area contributed by atoms with Gasteiger partial charge in [-0.3, -0.25) is 9.52 Å². The number of hydrogen-bond donors (Lipinski definition) is 1. The van der Waals surface area contributed by atoms with Crippen molar-refractivity contribution in [1.82, 2.24) is 5.01 Å². The lowest BCUT2D eigenvalue weighted by Gasteiger charge is -2.22. The maximum absolute atomic E-state index is 13.5. The second-order valence-corrected chi connectivity index (χ2v) is 12.5. The maximum Gasteiger partial charge on any atom is 0.340 e. The quantitative estimate of drug-likeness (QED) is 0.214. The number of nitrogens with one attached hydrogen (secondary N) is 1. The normalized spacial score (nSPS) is 14.9. The number of nitrogens with zero attached hydrogens (tertiary/aromatic N) is 2. The highest BCUT2D eigenvalue weighted by atomic mass is 32.2. The van der Waals surface area contributed by atoms with Crippen molar-refractivity contribution in [1.29, 1.82) is 0 Å². The summed E-state index contributed by atoms with van der Waals surface area (Å²) in [6.07, 6.45) is 0.495. The number of esters is 1. The highest BCUT2D eigenvalue weighted by Crippen LogP contribution is 2.33. The summed E-state index contributed by atoms with van der Waals surface area (Å²) in [6, 6.07) is 32.5. The van der Waals surface area contributed by atoms with E-state index in [0.717, 1.165) is 38.9 Å². The van der Waals surface area contributed by atoms with E-state index in [0.29, 0.717) is 6.42 Å². The van der Waals surface area contributed by atoms with Gasteiger partial charge in [0.05, 0.1) is 23.0 Å². The van der Waals surface area contributed by atoms with Crippen molar-refractivity contribution >= 4 is 55.4 Å². The number of ether oxygens (including phenoxy) is 1. The number of hydrogen-bond acceptors (Lipinski definition) is 7. The number of benzene rings is 4. The van der Waals surface area contributed by atoms with Gasteiger partial charge in [0.25, 0.3) is 15.9 Å². The number of thiophene rings is 1. The van der Waals surface area contributed by atoms with Crippen LogP contribution in [0.4, 0.5) is 5.69 Å². The van der Waals surface area contributed by atoms with E-state index in [-0.39, 0.29) is 21.5 Å². The Bertz CT molecular complexity index is 1910. The monoisotopic (exact) mass is 595 g/mol. The Balaban J connectivity index is 1.22. The van der Waals surface area contributed by atoms with Crippen molar-refractivity contribution in [3.05, 3.63) is 131 Å². The number of fused-ring (bicyclic) bond motifs is 1. The summed E-state index contributed by atoms with van der Waals surface area (Å²) in [5.41, 5.74) is 2.62. The Kier molecular flexibility index (Phi) is 7.56. The molecule has 8 nitrogen and oxygen atoms in total. The molecular formula is C32H25N3O5S2. The summed E-state index contributed by atoms with van der Waals surface area (Å²) in [5, 5.41) is 9.89. The number of sulfonamides is 1. The van der Waals surface area contributed by atoms with Gasteiger partial charge in [0.2, 0.25) is 0 Å². The Morgan fingerprint density at radius 3 is 2.40 bits per heavy atom. The summed E-state index contributed by atoms with van der Waals surface area (Å²) in [7, 11) is -3.89. The molecule has 4 aromatic carbocycles. The molecule has 0 bridgehead atoms. The van der Waals surface area contributed by atoms with E-state index in [1.807, 2.05) is 66.7 Å². The lowest BCUT2D eigenvalue weighted by atomic mass is 9.97. The summed E-state index contributed by atoms with van der Waals surface area (Å²) < 4.78 is 33.4. The molecule has 10 heteroatoms. The largest absolute Gasteiger partial charge is 0.452 e. The minimum atomic E-state index is -3.89. The second kappa shape index (κ2) is 11.6. The fourth-order valence-corrected chi connectivity index (χ4v) is 6.92. The van der Waals surface area contributed by atoms with Crippen molar-refractivity contribution in [3.8, 4) is 0 Å². The average molecular weight is 596 g/mol. The number of para-hydroxylation sites is 1. The van der Waals surface area contributed by atoms with Crippen LogP contribution in [0.15, 0.2) is 124 Å². The van der Waals surface area contributed by atoms with Crippen molar-refractivity contribution < 1.29 is 22.7 Å². The molecule has 5 aromatic rings. The predicted octanol–water partition coefficient (Wildman–Crippen LogP) is 6.24. The molecule has 42 heavy (non-hydrogen) atoms. The van der Waals surface area contributed by atoms with Gasteiger partial charge in [0.1, 0.15) is 4.21 Å². The summed E-state index contributed by atoms with van der Waals surface area (Å²) in [4.78, 5) is 26.5. The first-order valence-corrected chi connectivity index (χ1v) is 15.5. The molecule has 0 saturated carbocycles. The third-order valence-corrected chi connectivity index (χ3v) is 9.67. The van der Waals surface area contributed by atoms with Crippen LogP contribution in [0, 0.1) is 0 Å². The maximum atomic E-state index is 13.5. The smallest absolute Gasteiger partial charge is 0.340 e. The molecule has 1 atom stereocenters. The van der Waals surface area contributed by atoms with Crippen LogP contribution in [0.5, 0.6) is 0 Å². The minimum Gasteiger partial charge on any atom is -0.452 e. The minimum absolute atomic E-state index is 0.00758. The number of hydrazone groups is 1. The number of rotatable bonds is 8. The number of anilines is 1. The lowest BCUT2D eigenvalue weighted by molar-refractivity contribution is -0.136. The molecule has 0 fully saturated rings. The molecule has 0 spiro atoms. The van der Waals surface area contributed by atoms with E-state index in [1.165, 1.54) is 23.2 Å². The zero-order valence-corrected chi connectivity index (χ0v) is 23.8. The topological polar surface area (TPSA) is 105 Å². The molecule has 6 rings (SSSR count). The van der Waals surface area contributed by atoms with Crippen LogP contribution in [0.25, 0.3) is 10.8 Å². The first-order valence-electron chi connectivity index (χ1n) is 13.2. The third-order valence-electron chi connectivity index (χ3n) is 6.91. The van der Waals surface area contributed by atoms with Gasteiger partial charge in [-0.05, 0) is 51.5 Å². The second-order valence-electron chi connectivity index (χ2n) is 9.64. The molecular weight excluding hydrogens is 571 g/mol. The first kappa shape index (κ1) is 27.4. The van der Waals surface area contributed by atoms with Crippen molar-refractivity contribution in [2.75, 3.05) is 11.3 Å². The molecule has 0 saturated heterocycles. The molecule has 210 valence electrons. The SMILES string of the molecule is O=C(OCC(=O)N1N=C(c2ccc3ccccc3c2)C[C@H]1c1ccccc1)c1ccccc1NS(=O)(=O)c1cccs1. The molecule has 1 amide bonds. The molecule has 0 aliphatic carbocycles. The molecule has 0 radical (unpaired) electrons. The van der Waals surface area contributed by atoms with Crippen LogP contribution in [-0.4, -0.2) is 37.6 Å². The van der Waals surface area contributed by atoms with E-state index >= 15 is 0 Å². The van der Waals surface area contributed by atoms with E-state index in [9.17, 15) is 18.0 Å². The summed E-state index contributed by atoms with van der Waals surface area (Å²) >= 11 is 1.06. The van der Waals surface area contributed by atoms with Gasteiger partial charge >= 0.3 is 5.97 Å². The van der Waals surface area contributed by atoms with Gasteiger partial charge in [0.15, 0.2) is 6.61 Å². The number of carbonyl (C=O) groups is 2. The molecule has 1 aliphatic heterocycles. The molecule has 1 N–H and O–H groups in total. The Morgan fingerprint density at radius 1 is 0.881 bits per heavy atom. The lowest BCUT2D eigenvalue weighted by Crippen LogP contribution is -2.31. The van der Waals surface area contributed by atoms with Crippen LogP contribution in [0.1, 0.15) is 33.9 Å². The van der Waals surface area contributed by atoms with Crippen LogP contribution >= 0.6 is 11.3 Å². The van der Waals surface area contributed by atoms with Crippen molar-refractivity contribution in [2.24, 2.45) is 5.10 Å².